The van der Waals surface area contributed by atoms with Gasteiger partial charge in [0.2, 0.25) is 0 Å². The number of nitro groups is 1. The number of methoxy groups -OCH3 is 1. The summed E-state index contributed by atoms with van der Waals surface area (Å²) in [4.78, 5) is 23.2. The highest BCUT2D eigenvalue weighted by atomic mass is 16.6. The van der Waals surface area contributed by atoms with Gasteiger partial charge >= 0.3 is 0 Å². The minimum atomic E-state index is -0.759. The maximum atomic E-state index is 12.5. The smallest absolute Gasteiger partial charge is 0.296 e. The molecular formula is C25H21N3O5. The first-order valence-corrected chi connectivity index (χ1v) is 9.93. The third-order valence-corrected chi connectivity index (χ3v) is 4.73. The number of carbonyl (C=O) groups excluding carboxylic acids is 1. The van der Waals surface area contributed by atoms with Crippen molar-refractivity contribution in [2.24, 2.45) is 0 Å². The van der Waals surface area contributed by atoms with Gasteiger partial charge in [-0.3, -0.25) is 14.9 Å². The Hall–Kier alpha value is -4.64. The number of amides is 1. The summed E-state index contributed by atoms with van der Waals surface area (Å²) in [5.74, 6) is 0.162. The van der Waals surface area contributed by atoms with E-state index in [1.54, 1.807) is 24.3 Å². The Morgan fingerprint density at radius 3 is 2.36 bits per heavy atom. The lowest BCUT2D eigenvalue weighted by atomic mass is 10.1. The molecule has 0 unspecified atom stereocenters. The van der Waals surface area contributed by atoms with Crippen molar-refractivity contribution in [1.82, 2.24) is 0 Å². The van der Waals surface area contributed by atoms with Crippen LogP contribution in [0.4, 0.5) is 11.4 Å². The standard InChI is InChI=1S/C25H21N3O5/c1-17-3-5-19(6-4-17)16-33-21-9-7-18(8-10-21)13-20(15-26)25(29)27-23-12-11-22(32-2)14-24(23)28(30)31/h3-14H,16H2,1-2H3,(H,27,29)/b20-13+. The van der Waals surface area contributed by atoms with Crippen molar-refractivity contribution in [3.8, 4) is 17.6 Å². The predicted molar refractivity (Wildman–Crippen MR) is 124 cm³/mol. The van der Waals surface area contributed by atoms with Crippen LogP contribution >= 0.6 is 0 Å². The molecule has 3 aromatic rings. The van der Waals surface area contributed by atoms with Crippen molar-refractivity contribution < 1.29 is 19.2 Å². The van der Waals surface area contributed by atoms with Crippen molar-refractivity contribution in [2.75, 3.05) is 12.4 Å². The van der Waals surface area contributed by atoms with Crippen molar-refractivity contribution in [3.05, 3.63) is 99.1 Å². The Bertz CT molecular complexity index is 1230. The number of nitro benzene ring substituents is 1. The van der Waals surface area contributed by atoms with E-state index in [1.807, 2.05) is 37.3 Å². The second-order valence-corrected chi connectivity index (χ2v) is 7.11. The monoisotopic (exact) mass is 443 g/mol. The van der Waals surface area contributed by atoms with E-state index in [0.29, 0.717) is 17.9 Å². The lowest BCUT2D eigenvalue weighted by molar-refractivity contribution is -0.384. The minimum absolute atomic E-state index is 0.0354. The number of benzene rings is 3. The topological polar surface area (TPSA) is 114 Å². The van der Waals surface area contributed by atoms with Crippen LogP contribution in [0, 0.1) is 28.4 Å². The van der Waals surface area contributed by atoms with Gasteiger partial charge in [0.15, 0.2) is 0 Å². The van der Waals surface area contributed by atoms with E-state index in [9.17, 15) is 20.2 Å². The van der Waals surface area contributed by atoms with Gasteiger partial charge in [-0.2, -0.15) is 5.26 Å². The molecule has 8 nitrogen and oxygen atoms in total. The second-order valence-electron chi connectivity index (χ2n) is 7.11. The van der Waals surface area contributed by atoms with Crippen LogP contribution in [0.5, 0.6) is 11.5 Å². The van der Waals surface area contributed by atoms with Gasteiger partial charge in [-0.1, -0.05) is 42.0 Å². The number of hydrogen-bond acceptors (Lipinski definition) is 6. The van der Waals surface area contributed by atoms with Crippen LogP contribution in [0.1, 0.15) is 16.7 Å². The third kappa shape index (κ3) is 6.18. The van der Waals surface area contributed by atoms with Gasteiger partial charge in [0.1, 0.15) is 35.4 Å². The van der Waals surface area contributed by atoms with Crippen molar-refractivity contribution >= 4 is 23.4 Å². The molecule has 0 saturated carbocycles. The highest BCUT2D eigenvalue weighted by molar-refractivity contribution is 6.10. The first kappa shape index (κ1) is 23.0. The van der Waals surface area contributed by atoms with Gasteiger partial charge in [0.05, 0.1) is 18.1 Å². The average Bonchev–Trinajstić information content (AvgIpc) is 2.83. The molecule has 0 saturated heterocycles. The van der Waals surface area contributed by atoms with E-state index in [1.165, 1.54) is 36.9 Å². The third-order valence-electron chi connectivity index (χ3n) is 4.73. The molecule has 8 heteroatoms. The number of hydrogen-bond donors (Lipinski definition) is 1. The number of nitrogens with zero attached hydrogens (tertiary/aromatic N) is 2. The van der Waals surface area contributed by atoms with Gasteiger partial charge in [-0.15, -0.1) is 0 Å². The Labute approximate surface area is 190 Å². The fourth-order valence-corrected chi connectivity index (χ4v) is 2.91. The highest BCUT2D eigenvalue weighted by Crippen LogP contribution is 2.29. The van der Waals surface area contributed by atoms with Gasteiger partial charge in [-0.25, -0.2) is 0 Å². The lowest BCUT2D eigenvalue weighted by Gasteiger charge is -2.08. The fourth-order valence-electron chi connectivity index (χ4n) is 2.91. The second kappa shape index (κ2) is 10.6. The molecule has 166 valence electrons. The summed E-state index contributed by atoms with van der Waals surface area (Å²) in [5.41, 5.74) is 2.25. The number of nitrogens with one attached hydrogen (secondary N) is 1. The molecule has 0 aliphatic rings. The number of nitriles is 1. The SMILES string of the molecule is COc1ccc(NC(=O)/C(C#N)=C/c2ccc(OCc3ccc(C)cc3)cc2)c([N+](=O)[O-])c1. The molecule has 33 heavy (non-hydrogen) atoms. The van der Waals surface area contributed by atoms with Gasteiger partial charge in [0, 0.05) is 0 Å². The highest BCUT2D eigenvalue weighted by Gasteiger charge is 2.19. The summed E-state index contributed by atoms with van der Waals surface area (Å²) in [6.07, 6.45) is 1.40. The molecular weight excluding hydrogens is 422 g/mol. The summed E-state index contributed by atoms with van der Waals surface area (Å²) in [7, 11) is 1.38. The van der Waals surface area contributed by atoms with Crippen LogP contribution in [0.15, 0.2) is 72.3 Å². The number of anilines is 1. The normalized spacial score (nSPS) is 10.8. The predicted octanol–water partition coefficient (Wildman–Crippen LogP) is 5.04. The van der Waals surface area contributed by atoms with Crippen LogP contribution in [-0.4, -0.2) is 17.9 Å². The number of carbonyl (C=O) groups is 1. The lowest BCUT2D eigenvalue weighted by Crippen LogP contribution is -2.14. The molecule has 1 N–H and O–H groups in total. The van der Waals surface area contributed by atoms with Crippen molar-refractivity contribution in [2.45, 2.75) is 13.5 Å². The van der Waals surface area contributed by atoms with Gasteiger partial charge < -0.3 is 14.8 Å². The molecule has 3 rings (SSSR count). The van der Waals surface area contributed by atoms with E-state index in [2.05, 4.69) is 5.32 Å². The Balaban J connectivity index is 1.70. The molecule has 0 heterocycles. The largest absolute Gasteiger partial charge is 0.496 e. The average molecular weight is 443 g/mol. The van der Waals surface area contributed by atoms with E-state index >= 15 is 0 Å². The zero-order valence-electron chi connectivity index (χ0n) is 18.1. The molecule has 0 aromatic heterocycles. The molecule has 0 aliphatic heterocycles. The summed E-state index contributed by atoms with van der Waals surface area (Å²) in [6, 6.07) is 20.8. The van der Waals surface area contributed by atoms with Crippen LogP contribution in [-0.2, 0) is 11.4 Å². The maximum absolute atomic E-state index is 12.5. The van der Waals surface area contributed by atoms with Crippen molar-refractivity contribution in [1.29, 1.82) is 5.26 Å². The molecule has 0 atom stereocenters. The summed E-state index contributed by atoms with van der Waals surface area (Å²) >= 11 is 0. The molecule has 1 amide bonds. The van der Waals surface area contributed by atoms with E-state index in [-0.39, 0.29) is 22.7 Å². The first-order chi connectivity index (χ1) is 15.9. The number of ether oxygens (including phenoxy) is 2. The molecule has 3 aromatic carbocycles. The van der Waals surface area contributed by atoms with E-state index in [0.717, 1.165) is 5.56 Å². The fraction of sp³-hybridized carbons (Fsp3) is 0.120. The van der Waals surface area contributed by atoms with Gasteiger partial charge in [-0.05, 0) is 48.4 Å². The number of aryl methyl sites for hydroxylation is 1. The summed E-state index contributed by atoms with van der Waals surface area (Å²) in [5, 5.41) is 23.1. The van der Waals surface area contributed by atoms with Gasteiger partial charge in [0.25, 0.3) is 11.6 Å². The molecule has 0 spiro atoms. The molecule has 0 fully saturated rings. The molecule has 0 radical (unpaired) electrons. The maximum Gasteiger partial charge on any atom is 0.296 e. The van der Waals surface area contributed by atoms with Crippen LogP contribution in [0.2, 0.25) is 0 Å². The zero-order chi connectivity index (χ0) is 23.8. The van der Waals surface area contributed by atoms with Crippen molar-refractivity contribution in [3.63, 3.8) is 0 Å². The van der Waals surface area contributed by atoms with Crippen LogP contribution in [0.25, 0.3) is 6.08 Å². The Morgan fingerprint density at radius 1 is 1.09 bits per heavy atom. The molecule has 0 bridgehead atoms. The Kier molecular flexibility index (Phi) is 7.39. The first-order valence-electron chi connectivity index (χ1n) is 9.93. The van der Waals surface area contributed by atoms with E-state index < -0.39 is 10.8 Å². The summed E-state index contributed by atoms with van der Waals surface area (Å²) in [6.45, 7) is 2.44. The zero-order valence-corrected chi connectivity index (χ0v) is 18.1. The van der Waals surface area contributed by atoms with Crippen LogP contribution in [0.3, 0.4) is 0 Å². The van der Waals surface area contributed by atoms with E-state index in [4.69, 9.17) is 9.47 Å². The summed E-state index contributed by atoms with van der Waals surface area (Å²) < 4.78 is 10.7. The van der Waals surface area contributed by atoms with Crippen LogP contribution < -0.4 is 14.8 Å². The molecule has 0 aliphatic carbocycles. The quantitative estimate of drug-likeness (QED) is 0.226. The minimum Gasteiger partial charge on any atom is -0.496 e. The Morgan fingerprint density at radius 2 is 1.76 bits per heavy atom. The number of rotatable bonds is 8.